The van der Waals surface area contributed by atoms with Gasteiger partial charge in [0, 0.05) is 12.2 Å². The van der Waals surface area contributed by atoms with Gasteiger partial charge in [-0.1, -0.05) is 44.2 Å². The Kier molecular flexibility index (Phi) is 4.26. The van der Waals surface area contributed by atoms with Crippen LogP contribution in [-0.2, 0) is 6.54 Å². The van der Waals surface area contributed by atoms with Gasteiger partial charge in [0.25, 0.3) is 0 Å². The molecule has 0 aliphatic heterocycles. The molecule has 0 radical (unpaired) electrons. The largest absolute Gasteiger partial charge is 0.381 e. The molecule has 0 saturated carbocycles. The molecule has 0 atom stereocenters. The zero-order chi connectivity index (χ0) is 13.8. The highest BCUT2D eigenvalue weighted by molar-refractivity contribution is 5.46. The second-order valence-electron chi connectivity index (χ2n) is 5.49. The van der Waals surface area contributed by atoms with Crippen molar-refractivity contribution in [2.45, 2.75) is 40.2 Å². The summed E-state index contributed by atoms with van der Waals surface area (Å²) in [6.07, 6.45) is 0. The van der Waals surface area contributed by atoms with E-state index < -0.39 is 0 Å². The third kappa shape index (κ3) is 3.37. The molecule has 0 saturated heterocycles. The molecule has 0 aliphatic carbocycles. The molecule has 0 heterocycles. The number of nitrogens with one attached hydrogen (secondary N) is 1. The summed E-state index contributed by atoms with van der Waals surface area (Å²) in [7, 11) is 0. The number of anilines is 1. The zero-order valence-electron chi connectivity index (χ0n) is 12.3. The molecule has 0 amide bonds. The van der Waals surface area contributed by atoms with Crippen LogP contribution in [0.5, 0.6) is 0 Å². The first-order valence-corrected chi connectivity index (χ1v) is 6.97. The number of rotatable bonds is 4. The summed E-state index contributed by atoms with van der Waals surface area (Å²) in [5.74, 6) is 0.591. The fourth-order valence-electron chi connectivity index (χ4n) is 2.19. The molecule has 0 aromatic heterocycles. The molecule has 2 rings (SSSR count). The van der Waals surface area contributed by atoms with Gasteiger partial charge in [0.1, 0.15) is 0 Å². The van der Waals surface area contributed by atoms with Crippen molar-refractivity contribution in [3.05, 3.63) is 64.7 Å². The first-order chi connectivity index (χ1) is 9.08. The van der Waals surface area contributed by atoms with E-state index >= 15 is 0 Å². The lowest BCUT2D eigenvalue weighted by Crippen LogP contribution is -2.02. The molecule has 0 fully saturated rings. The van der Waals surface area contributed by atoms with Crippen LogP contribution in [0.3, 0.4) is 0 Å². The highest BCUT2D eigenvalue weighted by atomic mass is 14.9. The molecule has 19 heavy (non-hydrogen) atoms. The Hall–Kier alpha value is -1.76. The lowest BCUT2D eigenvalue weighted by atomic mass is 10.0. The SMILES string of the molecule is Cc1cccc(CNc2ccc(C(C)C)cc2)c1C. The topological polar surface area (TPSA) is 12.0 Å². The average molecular weight is 253 g/mol. The molecule has 0 bridgehead atoms. The molecule has 2 aromatic rings. The second kappa shape index (κ2) is 5.92. The van der Waals surface area contributed by atoms with Crippen LogP contribution in [0, 0.1) is 13.8 Å². The Morgan fingerprint density at radius 1 is 0.947 bits per heavy atom. The van der Waals surface area contributed by atoms with Crippen molar-refractivity contribution in [3.8, 4) is 0 Å². The van der Waals surface area contributed by atoms with E-state index in [1.54, 1.807) is 0 Å². The van der Waals surface area contributed by atoms with E-state index in [9.17, 15) is 0 Å². The van der Waals surface area contributed by atoms with Crippen LogP contribution in [0.4, 0.5) is 5.69 Å². The number of aryl methyl sites for hydroxylation is 1. The van der Waals surface area contributed by atoms with E-state index in [2.05, 4.69) is 75.5 Å². The number of hydrogen-bond donors (Lipinski definition) is 1. The summed E-state index contributed by atoms with van der Waals surface area (Å²) >= 11 is 0. The lowest BCUT2D eigenvalue weighted by Gasteiger charge is -2.12. The standard InChI is InChI=1S/C18H23N/c1-13(2)16-8-10-18(11-9-16)19-12-17-7-5-6-14(3)15(17)4/h5-11,13,19H,12H2,1-4H3. The monoisotopic (exact) mass is 253 g/mol. The van der Waals surface area contributed by atoms with Gasteiger partial charge in [-0.25, -0.2) is 0 Å². The van der Waals surface area contributed by atoms with E-state index in [1.807, 2.05) is 0 Å². The maximum absolute atomic E-state index is 3.50. The van der Waals surface area contributed by atoms with Crippen LogP contribution in [-0.4, -0.2) is 0 Å². The van der Waals surface area contributed by atoms with Gasteiger partial charge in [-0.15, -0.1) is 0 Å². The van der Waals surface area contributed by atoms with Crippen LogP contribution in [0.2, 0.25) is 0 Å². The molecule has 1 nitrogen and oxygen atoms in total. The van der Waals surface area contributed by atoms with E-state index in [1.165, 1.54) is 27.9 Å². The summed E-state index contributed by atoms with van der Waals surface area (Å²) in [6, 6.07) is 15.2. The van der Waals surface area contributed by atoms with Gasteiger partial charge in [0.2, 0.25) is 0 Å². The second-order valence-corrected chi connectivity index (χ2v) is 5.49. The smallest absolute Gasteiger partial charge is 0.0403 e. The van der Waals surface area contributed by atoms with Gasteiger partial charge in [0.05, 0.1) is 0 Å². The van der Waals surface area contributed by atoms with Gasteiger partial charge in [-0.2, -0.15) is 0 Å². The summed E-state index contributed by atoms with van der Waals surface area (Å²) < 4.78 is 0. The summed E-state index contributed by atoms with van der Waals surface area (Å²) in [5, 5.41) is 3.50. The zero-order valence-corrected chi connectivity index (χ0v) is 12.3. The summed E-state index contributed by atoms with van der Waals surface area (Å²) in [4.78, 5) is 0. The highest BCUT2D eigenvalue weighted by Gasteiger charge is 2.01. The first-order valence-electron chi connectivity index (χ1n) is 6.97. The molecule has 1 heteroatoms. The van der Waals surface area contributed by atoms with Crippen molar-refractivity contribution in [2.24, 2.45) is 0 Å². The molecule has 1 N–H and O–H groups in total. The van der Waals surface area contributed by atoms with Crippen LogP contribution in [0.1, 0.15) is 42.0 Å². The number of benzene rings is 2. The minimum Gasteiger partial charge on any atom is -0.381 e. The van der Waals surface area contributed by atoms with Crippen molar-refractivity contribution in [1.29, 1.82) is 0 Å². The third-order valence-electron chi connectivity index (χ3n) is 3.78. The van der Waals surface area contributed by atoms with Gasteiger partial charge in [-0.05, 0) is 54.2 Å². The van der Waals surface area contributed by atoms with Crippen LogP contribution in [0.15, 0.2) is 42.5 Å². The molecule has 0 unspecified atom stereocenters. The van der Waals surface area contributed by atoms with Crippen molar-refractivity contribution in [3.63, 3.8) is 0 Å². The van der Waals surface area contributed by atoms with Crippen molar-refractivity contribution < 1.29 is 0 Å². The van der Waals surface area contributed by atoms with Crippen molar-refractivity contribution in [1.82, 2.24) is 0 Å². The number of hydrogen-bond acceptors (Lipinski definition) is 1. The predicted molar refractivity (Wildman–Crippen MR) is 83.8 cm³/mol. The molecular formula is C18H23N. The Morgan fingerprint density at radius 2 is 1.63 bits per heavy atom. The van der Waals surface area contributed by atoms with Crippen molar-refractivity contribution >= 4 is 5.69 Å². The first kappa shape index (κ1) is 13.7. The minimum atomic E-state index is 0.591. The van der Waals surface area contributed by atoms with E-state index in [-0.39, 0.29) is 0 Å². The van der Waals surface area contributed by atoms with Gasteiger partial charge < -0.3 is 5.32 Å². The Bertz CT molecular complexity index is 538. The van der Waals surface area contributed by atoms with Gasteiger partial charge in [0.15, 0.2) is 0 Å². The fraction of sp³-hybridized carbons (Fsp3) is 0.333. The van der Waals surface area contributed by atoms with E-state index in [4.69, 9.17) is 0 Å². The Morgan fingerprint density at radius 3 is 2.26 bits per heavy atom. The molecule has 100 valence electrons. The maximum Gasteiger partial charge on any atom is 0.0403 e. The summed E-state index contributed by atoms with van der Waals surface area (Å²) in [5.41, 5.74) is 6.68. The molecule has 2 aromatic carbocycles. The van der Waals surface area contributed by atoms with E-state index in [0.717, 1.165) is 6.54 Å². The maximum atomic E-state index is 3.50. The normalized spacial score (nSPS) is 10.8. The highest BCUT2D eigenvalue weighted by Crippen LogP contribution is 2.19. The summed E-state index contributed by atoms with van der Waals surface area (Å²) in [6.45, 7) is 9.68. The van der Waals surface area contributed by atoms with Gasteiger partial charge in [-0.3, -0.25) is 0 Å². The van der Waals surface area contributed by atoms with Crippen molar-refractivity contribution in [2.75, 3.05) is 5.32 Å². The minimum absolute atomic E-state index is 0.591. The molecular weight excluding hydrogens is 230 g/mol. The van der Waals surface area contributed by atoms with Gasteiger partial charge >= 0.3 is 0 Å². The lowest BCUT2D eigenvalue weighted by molar-refractivity contribution is 0.867. The fourth-order valence-corrected chi connectivity index (χ4v) is 2.19. The molecule has 0 spiro atoms. The predicted octanol–water partition coefficient (Wildman–Crippen LogP) is 5.04. The Balaban J connectivity index is 2.04. The average Bonchev–Trinajstić information content (AvgIpc) is 2.41. The molecule has 0 aliphatic rings. The van der Waals surface area contributed by atoms with Crippen LogP contribution < -0.4 is 5.32 Å². The van der Waals surface area contributed by atoms with Crippen LogP contribution >= 0.6 is 0 Å². The van der Waals surface area contributed by atoms with Crippen LogP contribution in [0.25, 0.3) is 0 Å². The van der Waals surface area contributed by atoms with E-state index in [0.29, 0.717) is 5.92 Å². The Labute approximate surface area is 116 Å². The third-order valence-corrected chi connectivity index (χ3v) is 3.78. The quantitative estimate of drug-likeness (QED) is 0.805.